The van der Waals surface area contributed by atoms with E-state index in [2.05, 4.69) is 26.6 Å². The lowest BCUT2D eigenvalue weighted by Gasteiger charge is -2.35. The molecular formula is C19H31ClN4OS. The average molecular weight is 399 g/mol. The van der Waals surface area contributed by atoms with E-state index in [1.54, 1.807) is 7.05 Å². The molecule has 1 saturated heterocycles. The number of nitrogens with one attached hydrogen (secondary N) is 2. The smallest absolute Gasteiger partial charge is 0.191 e. The molecule has 1 aromatic rings. The fourth-order valence-corrected chi connectivity index (χ4v) is 4.13. The van der Waals surface area contributed by atoms with Crippen LogP contribution in [0.1, 0.15) is 33.6 Å². The highest BCUT2D eigenvalue weighted by molar-refractivity contribution is 7.86. The Balaban J connectivity index is 1.86. The van der Waals surface area contributed by atoms with Crippen LogP contribution in [0.25, 0.3) is 0 Å². The van der Waals surface area contributed by atoms with Gasteiger partial charge in [0, 0.05) is 54.0 Å². The van der Waals surface area contributed by atoms with Gasteiger partial charge in [-0.2, -0.15) is 0 Å². The first-order chi connectivity index (χ1) is 12.3. The molecule has 2 unspecified atom stereocenters. The van der Waals surface area contributed by atoms with E-state index in [1.165, 1.54) is 0 Å². The van der Waals surface area contributed by atoms with Crippen LogP contribution < -0.4 is 15.5 Å². The molecule has 146 valence electrons. The molecule has 1 fully saturated rings. The Morgan fingerprint density at radius 1 is 1.38 bits per heavy atom. The Hall–Kier alpha value is -1.27. The van der Waals surface area contributed by atoms with E-state index in [-0.39, 0.29) is 4.75 Å². The first-order valence-electron chi connectivity index (χ1n) is 9.16. The van der Waals surface area contributed by atoms with Crippen molar-refractivity contribution in [3.05, 3.63) is 29.3 Å². The SMILES string of the molecule is CN=C(NCCS(=O)C(C)(C)C)NC1CCCN(c2ccccc2Cl)C1. The molecule has 0 aromatic heterocycles. The van der Waals surface area contributed by atoms with Crippen molar-refractivity contribution in [2.24, 2.45) is 4.99 Å². The maximum atomic E-state index is 12.1. The van der Waals surface area contributed by atoms with Crippen LogP contribution >= 0.6 is 11.6 Å². The number of halogens is 1. The number of hydrogen-bond donors (Lipinski definition) is 2. The molecule has 7 heteroatoms. The number of nitrogens with zero attached hydrogens (tertiary/aromatic N) is 2. The third-order valence-electron chi connectivity index (χ3n) is 4.44. The maximum absolute atomic E-state index is 12.1. The van der Waals surface area contributed by atoms with Gasteiger partial charge in [0.25, 0.3) is 0 Å². The van der Waals surface area contributed by atoms with Gasteiger partial charge in [0.1, 0.15) is 0 Å². The van der Waals surface area contributed by atoms with Crippen LogP contribution in [0.4, 0.5) is 5.69 Å². The van der Waals surface area contributed by atoms with E-state index in [0.29, 0.717) is 18.3 Å². The molecule has 1 heterocycles. The summed E-state index contributed by atoms with van der Waals surface area (Å²) in [6.45, 7) is 8.55. The summed E-state index contributed by atoms with van der Waals surface area (Å²) < 4.78 is 12.0. The summed E-state index contributed by atoms with van der Waals surface area (Å²) in [5.41, 5.74) is 1.09. The molecule has 0 radical (unpaired) electrons. The summed E-state index contributed by atoms with van der Waals surface area (Å²) in [6.07, 6.45) is 2.20. The van der Waals surface area contributed by atoms with Crippen LogP contribution in [0.2, 0.25) is 5.02 Å². The van der Waals surface area contributed by atoms with Gasteiger partial charge in [-0.05, 0) is 45.7 Å². The number of para-hydroxylation sites is 1. The fourth-order valence-electron chi connectivity index (χ4n) is 2.98. The van der Waals surface area contributed by atoms with Gasteiger partial charge in [-0.3, -0.25) is 9.20 Å². The van der Waals surface area contributed by atoms with Gasteiger partial charge in [-0.25, -0.2) is 0 Å². The zero-order valence-corrected chi connectivity index (χ0v) is 17.8. The number of benzene rings is 1. The summed E-state index contributed by atoms with van der Waals surface area (Å²) in [4.78, 5) is 6.63. The quantitative estimate of drug-likeness (QED) is 0.591. The lowest BCUT2D eigenvalue weighted by Crippen LogP contribution is -2.51. The second-order valence-electron chi connectivity index (χ2n) is 7.54. The van der Waals surface area contributed by atoms with Crippen LogP contribution in [0.3, 0.4) is 0 Å². The number of rotatable bonds is 5. The van der Waals surface area contributed by atoms with Crippen molar-refractivity contribution in [2.75, 3.05) is 37.3 Å². The zero-order chi connectivity index (χ0) is 19.2. The van der Waals surface area contributed by atoms with Crippen molar-refractivity contribution in [2.45, 2.75) is 44.4 Å². The predicted octanol–water partition coefficient (Wildman–Crippen LogP) is 3.02. The molecule has 2 rings (SSSR count). The van der Waals surface area contributed by atoms with Crippen LogP contribution in [-0.2, 0) is 10.8 Å². The molecule has 5 nitrogen and oxygen atoms in total. The predicted molar refractivity (Wildman–Crippen MR) is 114 cm³/mol. The Labute approximate surface area is 165 Å². The van der Waals surface area contributed by atoms with E-state index in [4.69, 9.17) is 11.6 Å². The van der Waals surface area contributed by atoms with Crippen LogP contribution in [0, 0.1) is 0 Å². The molecule has 0 saturated carbocycles. The largest absolute Gasteiger partial charge is 0.368 e. The lowest BCUT2D eigenvalue weighted by atomic mass is 10.0. The van der Waals surface area contributed by atoms with Crippen LogP contribution in [0.5, 0.6) is 0 Å². The Morgan fingerprint density at radius 3 is 2.77 bits per heavy atom. The number of piperidine rings is 1. The highest BCUT2D eigenvalue weighted by atomic mass is 35.5. The monoisotopic (exact) mass is 398 g/mol. The third-order valence-corrected chi connectivity index (χ3v) is 6.70. The number of hydrogen-bond acceptors (Lipinski definition) is 3. The molecule has 1 aliphatic heterocycles. The van der Waals surface area contributed by atoms with Crippen LogP contribution in [-0.4, -0.2) is 53.4 Å². The summed E-state index contributed by atoms with van der Waals surface area (Å²) in [6, 6.07) is 8.29. The van der Waals surface area contributed by atoms with Crippen molar-refractivity contribution in [1.82, 2.24) is 10.6 Å². The molecular weight excluding hydrogens is 368 g/mol. The lowest BCUT2D eigenvalue weighted by molar-refractivity contribution is 0.468. The molecule has 2 atom stereocenters. The summed E-state index contributed by atoms with van der Waals surface area (Å²) in [5, 5.41) is 7.57. The standard InChI is InChI=1S/C19H31ClN4OS/c1-19(2,3)26(25)13-11-22-18(21-4)23-15-8-7-12-24(14-15)17-10-6-5-9-16(17)20/h5-6,9-10,15H,7-8,11-14H2,1-4H3,(H2,21,22,23). The van der Waals surface area contributed by atoms with Gasteiger partial charge in [0.15, 0.2) is 5.96 Å². The van der Waals surface area contributed by atoms with Gasteiger partial charge >= 0.3 is 0 Å². The summed E-state index contributed by atoms with van der Waals surface area (Å²) in [7, 11) is 0.905. The van der Waals surface area contributed by atoms with Crippen LogP contribution in [0.15, 0.2) is 29.3 Å². The van der Waals surface area contributed by atoms with E-state index < -0.39 is 10.8 Å². The minimum Gasteiger partial charge on any atom is -0.368 e. The maximum Gasteiger partial charge on any atom is 0.191 e. The van der Waals surface area contributed by atoms with Gasteiger partial charge in [-0.15, -0.1) is 0 Å². The van der Waals surface area contributed by atoms with Crippen molar-refractivity contribution < 1.29 is 4.21 Å². The van der Waals surface area contributed by atoms with E-state index in [9.17, 15) is 4.21 Å². The van der Waals surface area contributed by atoms with Crippen molar-refractivity contribution in [1.29, 1.82) is 0 Å². The third kappa shape index (κ3) is 6.16. The summed E-state index contributed by atoms with van der Waals surface area (Å²) >= 11 is 6.35. The molecule has 26 heavy (non-hydrogen) atoms. The Kier molecular flexibility index (Phi) is 7.77. The highest BCUT2D eigenvalue weighted by Gasteiger charge is 2.23. The fraction of sp³-hybridized carbons (Fsp3) is 0.632. The summed E-state index contributed by atoms with van der Waals surface area (Å²) in [5.74, 6) is 1.38. The zero-order valence-electron chi connectivity index (χ0n) is 16.2. The topological polar surface area (TPSA) is 56.7 Å². The Bertz CT molecular complexity index is 645. The molecule has 0 amide bonds. The van der Waals surface area contributed by atoms with Crippen molar-refractivity contribution in [3.8, 4) is 0 Å². The molecule has 2 N–H and O–H groups in total. The minimum atomic E-state index is -0.864. The molecule has 1 aliphatic rings. The van der Waals surface area contributed by atoms with Gasteiger partial charge in [0.2, 0.25) is 0 Å². The number of aliphatic imine (C=N–C) groups is 1. The van der Waals surface area contributed by atoms with E-state index >= 15 is 0 Å². The van der Waals surface area contributed by atoms with Crippen molar-refractivity contribution >= 4 is 34.0 Å². The van der Waals surface area contributed by atoms with E-state index in [0.717, 1.165) is 42.6 Å². The normalized spacial score (nSPS) is 20.0. The second kappa shape index (κ2) is 9.60. The first kappa shape index (κ1) is 21.0. The molecule has 0 spiro atoms. The van der Waals surface area contributed by atoms with Gasteiger partial charge in [-0.1, -0.05) is 23.7 Å². The van der Waals surface area contributed by atoms with Gasteiger partial charge < -0.3 is 15.5 Å². The Morgan fingerprint density at radius 2 is 2.12 bits per heavy atom. The van der Waals surface area contributed by atoms with Crippen molar-refractivity contribution in [3.63, 3.8) is 0 Å². The number of guanidine groups is 1. The highest BCUT2D eigenvalue weighted by Crippen LogP contribution is 2.27. The number of anilines is 1. The van der Waals surface area contributed by atoms with Gasteiger partial charge in [0.05, 0.1) is 10.7 Å². The molecule has 0 bridgehead atoms. The van der Waals surface area contributed by atoms with E-state index in [1.807, 2.05) is 39.0 Å². The molecule has 0 aliphatic carbocycles. The second-order valence-corrected chi connectivity index (χ2v) is 10.3. The first-order valence-corrected chi connectivity index (χ1v) is 10.9. The minimum absolute atomic E-state index is 0.183. The average Bonchev–Trinajstić information content (AvgIpc) is 2.60. The molecule has 1 aromatic carbocycles.